The lowest BCUT2D eigenvalue weighted by atomic mass is 10.0. The van der Waals surface area contributed by atoms with Crippen molar-refractivity contribution in [1.29, 1.82) is 0 Å². The van der Waals surface area contributed by atoms with E-state index in [1.165, 1.54) is 24.0 Å². The van der Waals surface area contributed by atoms with E-state index >= 15 is 0 Å². The lowest BCUT2D eigenvalue weighted by Gasteiger charge is -2.03. The van der Waals surface area contributed by atoms with Crippen LogP contribution in [0.4, 0.5) is 0 Å². The Bertz CT molecular complexity index is 315. The third-order valence-corrected chi connectivity index (χ3v) is 2.68. The molecule has 0 aliphatic heterocycles. The largest absolute Gasteiger partial charge is 0.298 e. The van der Waals surface area contributed by atoms with Crippen LogP contribution in [-0.4, -0.2) is 6.29 Å². The predicted molar refractivity (Wildman–Crippen MR) is 48.6 cm³/mol. The topological polar surface area (TPSA) is 17.1 Å². The number of hydrogen-bond acceptors (Lipinski definition) is 1. The molecular formula is C11H12O. The zero-order valence-electron chi connectivity index (χ0n) is 7.21. The molecule has 1 aromatic rings. The van der Waals surface area contributed by atoms with E-state index in [-0.39, 0.29) is 0 Å². The molecule has 2 rings (SSSR count). The van der Waals surface area contributed by atoms with Crippen molar-refractivity contribution in [2.24, 2.45) is 0 Å². The van der Waals surface area contributed by atoms with Crippen LogP contribution < -0.4 is 0 Å². The first-order valence-electron chi connectivity index (χ1n) is 4.39. The van der Waals surface area contributed by atoms with Gasteiger partial charge in [-0.25, -0.2) is 0 Å². The second kappa shape index (κ2) is 2.74. The van der Waals surface area contributed by atoms with Crippen molar-refractivity contribution < 1.29 is 4.79 Å². The van der Waals surface area contributed by atoms with Gasteiger partial charge in [0.25, 0.3) is 0 Å². The van der Waals surface area contributed by atoms with E-state index in [1.54, 1.807) is 0 Å². The first-order chi connectivity index (χ1) is 5.81. The summed E-state index contributed by atoms with van der Waals surface area (Å²) >= 11 is 0. The maximum Gasteiger partial charge on any atom is 0.150 e. The lowest BCUT2D eigenvalue weighted by Crippen LogP contribution is -1.88. The lowest BCUT2D eigenvalue weighted by molar-refractivity contribution is 0.112. The van der Waals surface area contributed by atoms with Crippen molar-refractivity contribution in [2.75, 3.05) is 0 Å². The molecule has 0 saturated carbocycles. The molecule has 1 aliphatic carbocycles. The van der Waals surface area contributed by atoms with Crippen molar-refractivity contribution in [3.8, 4) is 0 Å². The van der Waals surface area contributed by atoms with Gasteiger partial charge in [0.15, 0.2) is 0 Å². The van der Waals surface area contributed by atoms with Crippen molar-refractivity contribution in [2.45, 2.75) is 25.7 Å². The summed E-state index contributed by atoms with van der Waals surface area (Å²) in [5, 5.41) is 0. The Hall–Kier alpha value is -1.11. The number of fused-ring (bicyclic) bond motifs is 1. The number of carbonyl (C=O) groups excluding carboxylic acids is 1. The quantitative estimate of drug-likeness (QED) is 0.577. The molecule has 12 heavy (non-hydrogen) atoms. The minimum absolute atomic E-state index is 0.639. The van der Waals surface area contributed by atoms with E-state index in [0.29, 0.717) is 5.92 Å². The summed E-state index contributed by atoms with van der Waals surface area (Å²) in [6, 6.07) is 6.02. The van der Waals surface area contributed by atoms with Gasteiger partial charge in [0.1, 0.15) is 6.29 Å². The zero-order valence-corrected chi connectivity index (χ0v) is 7.21. The zero-order chi connectivity index (χ0) is 8.55. The maximum atomic E-state index is 10.5. The van der Waals surface area contributed by atoms with Crippen LogP contribution in [-0.2, 0) is 6.42 Å². The minimum Gasteiger partial charge on any atom is -0.298 e. The maximum absolute atomic E-state index is 10.5. The molecule has 0 fully saturated rings. The number of carbonyl (C=O) groups is 1. The van der Waals surface area contributed by atoms with Gasteiger partial charge in [0.2, 0.25) is 0 Å². The monoisotopic (exact) mass is 160 g/mol. The summed E-state index contributed by atoms with van der Waals surface area (Å²) in [6.45, 7) is 2.22. The number of benzene rings is 1. The van der Waals surface area contributed by atoms with Gasteiger partial charge in [0.05, 0.1) is 0 Å². The van der Waals surface area contributed by atoms with E-state index in [9.17, 15) is 4.79 Å². The van der Waals surface area contributed by atoms with Crippen LogP contribution in [0.1, 0.15) is 40.7 Å². The van der Waals surface area contributed by atoms with Gasteiger partial charge in [-0.2, -0.15) is 0 Å². The smallest absolute Gasteiger partial charge is 0.150 e. The van der Waals surface area contributed by atoms with Gasteiger partial charge in [-0.1, -0.05) is 19.1 Å². The van der Waals surface area contributed by atoms with Crippen molar-refractivity contribution in [3.05, 3.63) is 34.9 Å². The molecule has 1 aromatic carbocycles. The molecular weight excluding hydrogens is 148 g/mol. The second-order valence-corrected chi connectivity index (χ2v) is 3.52. The van der Waals surface area contributed by atoms with Crippen LogP contribution in [0.5, 0.6) is 0 Å². The predicted octanol–water partition coefficient (Wildman–Crippen LogP) is 2.55. The summed E-state index contributed by atoms with van der Waals surface area (Å²) in [7, 11) is 0. The van der Waals surface area contributed by atoms with Gasteiger partial charge < -0.3 is 0 Å². The van der Waals surface area contributed by atoms with Gasteiger partial charge >= 0.3 is 0 Å². The van der Waals surface area contributed by atoms with Gasteiger partial charge in [-0.15, -0.1) is 0 Å². The van der Waals surface area contributed by atoms with E-state index in [2.05, 4.69) is 13.0 Å². The molecule has 0 heterocycles. The van der Waals surface area contributed by atoms with Crippen molar-refractivity contribution in [1.82, 2.24) is 0 Å². The Kier molecular flexibility index (Phi) is 1.72. The number of hydrogen-bond donors (Lipinski definition) is 0. The Labute approximate surface area is 72.4 Å². The fraction of sp³-hybridized carbons (Fsp3) is 0.364. The molecule has 1 atom stereocenters. The SMILES string of the molecule is CC1CCc2ccc(C=O)cc21. The minimum atomic E-state index is 0.639. The molecule has 0 aromatic heterocycles. The highest BCUT2D eigenvalue weighted by Crippen LogP contribution is 2.32. The van der Waals surface area contributed by atoms with Crippen LogP contribution in [0.3, 0.4) is 0 Å². The molecule has 0 saturated heterocycles. The van der Waals surface area contributed by atoms with E-state index in [1.807, 2.05) is 12.1 Å². The number of aldehydes is 1. The summed E-state index contributed by atoms with van der Waals surface area (Å²) in [5.41, 5.74) is 3.61. The highest BCUT2D eigenvalue weighted by atomic mass is 16.1. The molecule has 0 amide bonds. The molecule has 1 nitrogen and oxygen atoms in total. The molecule has 1 heteroatoms. The van der Waals surface area contributed by atoms with E-state index in [0.717, 1.165) is 11.8 Å². The molecule has 1 aliphatic rings. The number of aryl methyl sites for hydroxylation is 1. The molecule has 1 unspecified atom stereocenters. The molecule has 0 radical (unpaired) electrons. The Morgan fingerprint density at radius 2 is 2.33 bits per heavy atom. The van der Waals surface area contributed by atoms with Crippen LogP contribution in [0.2, 0.25) is 0 Å². The molecule has 0 spiro atoms. The Morgan fingerprint density at radius 1 is 1.50 bits per heavy atom. The first-order valence-corrected chi connectivity index (χ1v) is 4.39. The third kappa shape index (κ3) is 1.06. The second-order valence-electron chi connectivity index (χ2n) is 3.52. The van der Waals surface area contributed by atoms with Crippen molar-refractivity contribution >= 4 is 6.29 Å². The van der Waals surface area contributed by atoms with Crippen LogP contribution in [0, 0.1) is 0 Å². The third-order valence-electron chi connectivity index (χ3n) is 2.68. The first kappa shape index (κ1) is 7.53. The summed E-state index contributed by atoms with van der Waals surface area (Å²) < 4.78 is 0. The van der Waals surface area contributed by atoms with Crippen LogP contribution in [0.15, 0.2) is 18.2 Å². The van der Waals surface area contributed by atoms with E-state index in [4.69, 9.17) is 0 Å². The van der Waals surface area contributed by atoms with E-state index < -0.39 is 0 Å². The molecule has 0 bridgehead atoms. The highest BCUT2D eigenvalue weighted by molar-refractivity contribution is 5.75. The number of rotatable bonds is 1. The fourth-order valence-electron chi connectivity index (χ4n) is 1.90. The van der Waals surface area contributed by atoms with Gasteiger partial charge in [0, 0.05) is 5.56 Å². The van der Waals surface area contributed by atoms with Crippen molar-refractivity contribution in [3.63, 3.8) is 0 Å². The van der Waals surface area contributed by atoms with Crippen LogP contribution >= 0.6 is 0 Å². The average molecular weight is 160 g/mol. The standard InChI is InChI=1S/C11H12O/c1-8-2-4-10-5-3-9(7-12)6-11(8)10/h3,5-8H,2,4H2,1H3. The van der Waals surface area contributed by atoms with Gasteiger partial charge in [-0.05, 0) is 36.0 Å². The fourth-order valence-corrected chi connectivity index (χ4v) is 1.90. The highest BCUT2D eigenvalue weighted by Gasteiger charge is 2.17. The molecule has 0 N–H and O–H groups in total. The Balaban J connectivity index is 2.50. The normalized spacial score (nSPS) is 20.6. The molecule has 62 valence electrons. The van der Waals surface area contributed by atoms with Crippen LogP contribution in [0.25, 0.3) is 0 Å². The summed E-state index contributed by atoms with van der Waals surface area (Å²) in [4.78, 5) is 10.5. The average Bonchev–Trinajstić information content (AvgIpc) is 2.47. The summed E-state index contributed by atoms with van der Waals surface area (Å²) in [5.74, 6) is 0.639. The Morgan fingerprint density at radius 3 is 3.08 bits per heavy atom. The summed E-state index contributed by atoms with van der Waals surface area (Å²) in [6.07, 6.45) is 3.33. The van der Waals surface area contributed by atoms with Gasteiger partial charge in [-0.3, -0.25) is 4.79 Å².